The number of hydrogen-bond donors (Lipinski definition) is 1. The molecule has 0 aliphatic carbocycles. The van der Waals surface area contributed by atoms with Crippen LogP contribution in [-0.2, 0) is 14.8 Å². The summed E-state index contributed by atoms with van der Waals surface area (Å²) < 4.78 is 33.1. The van der Waals surface area contributed by atoms with Crippen molar-refractivity contribution in [3.63, 3.8) is 0 Å². The van der Waals surface area contributed by atoms with Crippen LogP contribution < -0.4 is 5.32 Å². The maximum absolute atomic E-state index is 12.8. The number of thiophene rings is 1. The normalized spacial score (nSPS) is 22.5. The highest BCUT2D eigenvalue weighted by molar-refractivity contribution is 7.89. The van der Waals surface area contributed by atoms with E-state index in [-0.39, 0.29) is 18.0 Å². The number of hydrogen-bond acceptors (Lipinski definition) is 5. The standard InChI is InChI=1S/C14H22N2O3S2.ClH/c1-11-9-13(12(2)20-11)21(17,18)16-6-3-14(4-7-16)10-15-5-8-19-14;/h9,15H,3-8,10H2,1-2H3;1H. The largest absolute Gasteiger partial charge is 0.372 e. The summed E-state index contributed by atoms with van der Waals surface area (Å²) in [5.74, 6) is 0. The second-order valence-corrected chi connectivity index (χ2v) is 9.26. The first-order valence-electron chi connectivity index (χ1n) is 7.35. The van der Waals surface area contributed by atoms with Gasteiger partial charge in [-0.25, -0.2) is 8.42 Å². The van der Waals surface area contributed by atoms with Crippen LogP contribution in [0.15, 0.2) is 11.0 Å². The fraction of sp³-hybridized carbons (Fsp3) is 0.714. The molecule has 8 heteroatoms. The molecule has 1 aromatic heterocycles. The lowest BCUT2D eigenvalue weighted by atomic mass is 9.91. The van der Waals surface area contributed by atoms with E-state index in [1.54, 1.807) is 21.7 Å². The monoisotopic (exact) mass is 366 g/mol. The highest BCUT2D eigenvalue weighted by Crippen LogP contribution is 2.33. The fourth-order valence-corrected chi connectivity index (χ4v) is 6.13. The van der Waals surface area contributed by atoms with Gasteiger partial charge in [-0.05, 0) is 32.8 Å². The first kappa shape index (κ1) is 18.2. The summed E-state index contributed by atoms with van der Waals surface area (Å²) in [6.07, 6.45) is 1.53. The van der Waals surface area contributed by atoms with Crippen LogP contribution in [0.3, 0.4) is 0 Å². The van der Waals surface area contributed by atoms with Crippen LogP contribution in [0.4, 0.5) is 0 Å². The molecule has 0 bridgehead atoms. The highest BCUT2D eigenvalue weighted by Gasteiger charge is 2.40. The summed E-state index contributed by atoms with van der Waals surface area (Å²) in [4.78, 5) is 2.39. The summed E-state index contributed by atoms with van der Waals surface area (Å²) in [5.41, 5.74) is -0.163. The smallest absolute Gasteiger partial charge is 0.244 e. The second kappa shape index (κ2) is 6.75. The third-order valence-corrected chi connectivity index (χ3v) is 7.50. The maximum atomic E-state index is 12.8. The number of halogens is 1. The lowest BCUT2D eigenvalue weighted by Crippen LogP contribution is -2.56. The van der Waals surface area contributed by atoms with Crippen molar-refractivity contribution in [3.8, 4) is 0 Å². The van der Waals surface area contributed by atoms with Crippen molar-refractivity contribution in [2.45, 2.75) is 37.2 Å². The van der Waals surface area contributed by atoms with Crippen molar-refractivity contribution in [2.24, 2.45) is 0 Å². The Bertz CT molecular complexity index is 614. The van der Waals surface area contributed by atoms with Crippen molar-refractivity contribution in [1.82, 2.24) is 9.62 Å². The Balaban J connectivity index is 0.00000176. The number of morpholine rings is 1. The Morgan fingerprint density at radius 2 is 2.00 bits per heavy atom. The predicted octanol–water partition coefficient (Wildman–Crippen LogP) is 1.93. The van der Waals surface area contributed by atoms with Gasteiger partial charge >= 0.3 is 0 Å². The molecule has 0 amide bonds. The van der Waals surface area contributed by atoms with E-state index in [1.807, 2.05) is 13.8 Å². The molecule has 0 aromatic carbocycles. The van der Waals surface area contributed by atoms with E-state index < -0.39 is 10.0 Å². The lowest BCUT2D eigenvalue weighted by molar-refractivity contribution is -0.0915. The molecule has 2 aliphatic rings. The number of ether oxygens (including phenoxy) is 1. The van der Waals surface area contributed by atoms with E-state index in [4.69, 9.17) is 4.74 Å². The number of nitrogens with one attached hydrogen (secondary N) is 1. The van der Waals surface area contributed by atoms with Crippen molar-refractivity contribution in [2.75, 3.05) is 32.8 Å². The zero-order valence-corrected chi connectivity index (χ0v) is 15.4. The maximum Gasteiger partial charge on any atom is 0.244 e. The number of rotatable bonds is 2. The van der Waals surface area contributed by atoms with Gasteiger partial charge in [-0.2, -0.15) is 4.31 Å². The molecule has 2 fully saturated rings. The fourth-order valence-electron chi connectivity index (χ4n) is 3.16. The van der Waals surface area contributed by atoms with Crippen LogP contribution in [0, 0.1) is 13.8 Å². The molecule has 0 unspecified atom stereocenters. The molecule has 2 saturated heterocycles. The van der Waals surface area contributed by atoms with Gasteiger partial charge in [-0.3, -0.25) is 0 Å². The first-order chi connectivity index (χ1) is 9.93. The van der Waals surface area contributed by atoms with Crippen LogP contribution in [0.2, 0.25) is 0 Å². The number of piperidine rings is 1. The topological polar surface area (TPSA) is 58.6 Å². The third kappa shape index (κ3) is 3.34. The Labute approximate surface area is 142 Å². The Morgan fingerprint density at radius 1 is 1.32 bits per heavy atom. The minimum absolute atomic E-state index is 0. The number of nitrogens with zero attached hydrogens (tertiary/aromatic N) is 1. The van der Waals surface area contributed by atoms with Crippen LogP contribution in [0.25, 0.3) is 0 Å². The molecule has 1 N–H and O–H groups in total. The van der Waals surface area contributed by atoms with Gasteiger partial charge in [-0.15, -0.1) is 23.7 Å². The van der Waals surface area contributed by atoms with Crippen LogP contribution in [0.1, 0.15) is 22.6 Å². The zero-order valence-electron chi connectivity index (χ0n) is 12.9. The van der Waals surface area contributed by atoms with Crippen molar-refractivity contribution in [1.29, 1.82) is 0 Å². The molecular formula is C14H23ClN2O3S2. The molecule has 5 nitrogen and oxygen atoms in total. The first-order valence-corrected chi connectivity index (χ1v) is 9.61. The summed E-state index contributed by atoms with van der Waals surface area (Å²) in [6.45, 7) is 7.34. The quantitative estimate of drug-likeness (QED) is 0.868. The van der Waals surface area contributed by atoms with E-state index in [0.717, 1.165) is 42.3 Å². The van der Waals surface area contributed by atoms with E-state index >= 15 is 0 Å². The molecule has 126 valence electrons. The van der Waals surface area contributed by atoms with E-state index in [1.165, 1.54) is 0 Å². The van der Waals surface area contributed by atoms with Gasteiger partial charge in [0, 0.05) is 35.9 Å². The zero-order chi connectivity index (χ0) is 15.1. The van der Waals surface area contributed by atoms with Gasteiger partial charge in [-0.1, -0.05) is 0 Å². The molecule has 1 spiro atoms. The highest BCUT2D eigenvalue weighted by atomic mass is 35.5. The summed E-state index contributed by atoms with van der Waals surface area (Å²) in [6, 6.07) is 1.79. The Hall–Kier alpha value is -0.180. The Morgan fingerprint density at radius 3 is 2.50 bits per heavy atom. The average Bonchev–Trinajstić information content (AvgIpc) is 2.80. The average molecular weight is 367 g/mol. The van der Waals surface area contributed by atoms with Gasteiger partial charge < -0.3 is 10.1 Å². The molecule has 22 heavy (non-hydrogen) atoms. The summed E-state index contributed by atoms with van der Waals surface area (Å²) in [5, 5.41) is 3.35. The van der Waals surface area contributed by atoms with Gasteiger partial charge in [0.15, 0.2) is 0 Å². The van der Waals surface area contributed by atoms with E-state index in [0.29, 0.717) is 18.0 Å². The van der Waals surface area contributed by atoms with Crippen LogP contribution >= 0.6 is 23.7 Å². The molecular weight excluding hydrogens is 344 g/mol. The summed E-state index contributed by atoms with van der Waals surface area (Å²) >= 11 is 1.54. The molecule has 3 rings (SSSR count). The van der Waals surface area contributed by atoms with E-state index in [2.05, 4.69) is 5.32 Å². The summed E-state index contributed by atoms with van der Waals surface area (Å²) in [7, 11) is -3.36. The van der Waals surface area contributed by atoms with Crippen LogP contribution in [-0.4, -0.2) is 51.1 Å². The number of aryl methyl sites for hydroxylation is 2. The minimum atomic E-state index is -3.36. The number of sulfonamides is 1. The van der Waals surface area contributed by atoms with Gasteiger partial charge in [0.25, 0.3) is 0 Å². The van der Waals surface area contributed by atoms with Crippen molar-refractivity contribution in [3.05, 3.63) is 15.8 Å². The van der Waals surface area contributed by atoms with Crippen molar-refractivity contribution < 1.29 is 13.2 Å². The van der Waals surface area contributed by atoms with Gasteiger partial charge in [0.05, 0.1) is 17.1 Å². The SMILES string of the molecule is Cc1cc(S(=O)(=O)N2CCC3(CC2)CNCCO3)c(C)s1.Cl. The molecule has 0 saturated carbocycles. The minimum Gasteiger partial charge on any atom is -0.372 e. The van der Waals surface area contributed by atoms with E-state index in [9.17, 15) is 8.42 Å². The van der Waals surface area contributed by atoms with Gasteiger partial charge in [0.1, 0.15) is 0 Å². The lowest BCUT2D eigenvalue weighted by Gasteiger charge is -2.43. The predicted molar refractivity (Wildman–Crippen MR) is 90.6 cm³/mol. The van der Waals surface area contributed by atoms with Gasteiger partial charge in [0.2, 0.25) is 10.0 Å². The molecule has 1 aromatic rings. The van der Waals surface area contributed by atoms with Crippen molar-refractivity contribution >= 4 is 33.8 Å². The molecule has 0 radical (unpaired) electrons. The second-order valence-electron chi connectivity index (χ2n) is 5.89. The molecule has 3 heterocycles. The third-order valence-electron chi connectivity index (χ3n) is 4.38. The molecule has 0 atom stereocenters. The van der Waals surface area contributed by atoms with Crippen LogP contribution in [0.5, 0.6) is 0 Å². The molecule has 2 aliphatic heterocycles. The Kier molecular flexibility index (Phi) is 5.57.